The SMILES string of the molecule is Bc1ccc(S)c(C(N)=O)c1. The summed E-state index contributed by atoms with van der Waals surface area (Å²) in [5.74, 6) is -0.432. The molecule has 1 aromatic rings. The number of carbonyl (C=O) groups is 1. The fourth-order valence-corrected chi connectivity index (χ4v) is 1.10. The van der Waals surface area contributed by atoms with Crippen LogP contribution in [-0.2, 0) is 0 Å². The lowest BCUT2D eigenvalue weighted by Gasteiger charge is -2.00. The molecule has 0 aromatic heterocycles. The largest absolute Gasteiger partial charge is 0.366 e. The van der Waals surface area contributed by atoms with E-state index in [2.05, 4.69) is 12.6 Å². The molecule has 0 atom stereocenters. The summed E-state index contributed by atoms with van der Waals surface area (Å²) in [7, 11) is 1.90. The van der Waals surface area contributed by atoms with E-state index in [1.54, 1.807) is 12.1 Å². The Bertz CT molecular complexity index is 300. The number of hydrogen-bond acceptors (Lipinski definition) is 2. The Labute approximate surface area is 71.6 Å². The maximum atomic E-state index is 10.7. The first-order valence-corrected chi connectivity index (χ1v) is 3.65. The van der Waals surface area contributed by atoms with Gasteiger partial charge in [0, 0.05) is 4.90 Å². The van der Waals surface area contributed by atoms with Crippen LogP contribution in [0.25, 0.3) is 0 Å². The molecular formula is C7H8BNOS. The fraction of sp³-hybridized carbons (Fsp3) is 0. The van der Waals surface area contributed by atoms with Crippen molar-refractivity contribution in [3.8, 4) is 0 Å². The second-order valence-corrected chi connectivity index (χ2v) is 2.87. The lowest BCUT2D eigenvalue weighted by molar-refractivity contribution is 0.0997. The summed E-state index contributed by atoms with van der Waals surface area (Å²) in [5, 5.41) is 0. The van der Waals surface area contributed by atoms with Crippen molar-refractivity contribution >= 4 is 31.8 Å². The van der Waals surface area contributed by atoms with Crippen molar-refractivity contribution in [1.82, 2.24) is 0 Å². The molecule has 0 spiro atoms. The lowest BCUT2D eigenvalue weighted by Crippen LogP contribution is -2.15. The van der Waals surface area contributed by atoms with Gasteiger partial charge in [-0.05, 0) is 6.07 Å². The van der Waals surface area contributed by atoms with Gasteiger partial charge in [-0.1, -0.05) is 17.6 Å². The molecule has 0 saturated heterocycles. The molecule has 1 rings (SSSR count). The zero-order chi connectivity index (χ0) is 8.43. The van der Waals surface area contributed by atoms with Gasteiger partial charge in [0.15, 0.2) is 0 Å². The highest BCUT2D eigenvalue weighted by atomic mass is 32.1. The molecule has 11 heavy (non-hydrogen) atoms. The van der Waals surface area contributed by atoms with Crippen LogP contribution in [0.5, 0.6) is 0 Å². The number of benzene rings is 1. The highest BCUT2D eigenvalue weighted by Gasteiger charge is 2.03. The minimum atomic E-state index is -0.432. The molecule has 0 saturated carbocycles. The van der Waals surface area contributed by atoms with Crippen LogP contribution in [0.3, 0.4) is 0 Å². The summed E-state index contributed by atoms with van der Waals surface area (Å²) in [6, 6.07) is 5.37. The van der Waals surface area contributed by atoms with E-state index in [9.17, 15) is 4.79 Å². The third kappa shape index (κ3) is 1.77. The van der Waals surface area contributed by atoms with Crippen LogP contribution in [0, 0.1) is 0 Å². The van der Waals surface area contributed by atoms with Crippen molar-refractivity contribution in [1.29, 1.82) is 0 Å². The molecule has 4 heteroatoms. The molecule has 0 unspecified atom stereocenters. The lowest BCUT2D eigenvalue weighted by atomic mass is 9.94. The van der Waals surface area contributed by atoms with Crippen LogP contribution in [-0.4, -0.2) is 13.8 Å². The number of nitrogens with two attached hydrogens (primary N) is 1. The highest BCUT2D eigenvalue weighted by molar-refractivity contribution is 7.80. The van der Waals surface area contributed by atoms with Gasteiger partial charge in [0.2, 0.25) is 5.91 Å². The van der Waals surface area contributed by atoms with E-state index in [4.69, 9.17) is 5.73 Å². The van der Waals surface area contributed by atoms with Crippen molar-refractivity contribution in [2.24, 2.45) is 5.73 Å². The molecule has 0 aliphatic rings. The Morgan fingerprint density at radius 2 is 2.18 bits per heavy atom. The van der Waals surface area contributed by atoms with Crippen molar-refractivity contribution in [2.75, 3.05) is 0 Å². The van der Waals surface area contributed by atoms with Gasteiger partial charge in [0.1, 0.15) is 7.85 Å². The first kappa shape index (κ1) is 8.20. The Hall–Kier alpha value is -0.895. The van der Waals surface area contributed by atoms with E-state index in [1.807, 2.05) is 13.9 Å². The predicted octanol–water partition coefficient (Wildman–Crippen LogP) is -0.667. The van der Waals surface area contributed by atoms with Gasteiger partial charge < -0.3 is 5.73 Å². The second kappa shape index (κ2) is 3.01. The summed E-state index contributed by atoms with van der Waals surface area (Å²) in [4.78, 5) is 11.4. The van der Waals surface area contributed by atoms with Gasteiger partial charge in [-0.25, -0.2) is 0 Å². The van der Waals surface area contributed by atoms with E-state index < -0.39 is 5.91 Å². The van der Waals surface area contributed by atoms with Crippen LogP contribution in [0.1, 0.15) is 10.4 Å². The normalized spacial score (nSPS) is 9.55. The zero-order valence-electron chi connectivity index (χ0n) is 6.16. The molecule has 0 aliphatic heterocycles. The van der Waals surface area contributed by atoms with Gasteiger partial charge >= 0.3 is 0 Å². The summed E-state index contributed by atoms with van der Waals surface area (Å²) >= 11 is 4.08. The first-order valence-electron chi connectivity index (χ1n) is 3.20. The van der Waals surface area contributed by atoms with Crippen LogP contribution >= 0.6 is 12.6 Å². The molecule has 0 fully saturated rings. The maximum Gasteiger partial charge on any atom is 0.249 e. The average Bonchev–Trinajstić information content (AvgIpc) is 1.94. The van der Waals surface area contributed by atoms with E-state index in [0.717, 1.165) is 5.46 Å². The van der Waals surface area contributed by atoms with Gasteiger partial charge in [-0.3, -0.25) is 4.79 Å². The number of carbonyl (C=O) groups excluding carboxylic acids is 1. The van der Waals surface area contributed by atoms with Crippen LogP contribution in [0.2, 0.25) is 0 Å². The summed E-state index contributed by atoms with van der Waals surface area (Å²) in [5.41, 5.74) is 6.59. The molecular weight excluding hydrogens is 157 g/mol. The molecule has 2 nitrogen and oxygen atoms in total. The van der Waals surface area contributed by atoms with Crippen LogP contribution < -0.4 is 11.2 Å². The number of thiol groups is 1. The molecule has 2 N–H and O–H groups in total. The van der Waals surface area contributed by atoms with Crippen molar-refractivity contribution in [3.05, 3.63) is 23.8 Å². The molecule has 56 valence electrons. The second-order valence-electron chi connectivity index (χ2n) is 2.38. The quantitative estimate of drug-likeness (QED) is 0.420. The molecule has 1 amide bonds. The Morgan fingerprint density at radius 1 is 1.55 bits per heavy atom. The molecule has 0 bridgehead atoms. The summed E-state index contributed by atoms with van der Waals surface area (Å²) in [6.07, 6.45) is 0. The van der Waals surface area contributed by atoms with Gasteiger partial charge in [-0.15, -0.1) is 12.6 Å². The average molecular weight is 165 g/mol. The van der Waals surface area contributed by atoms with Gasteiger partial charge in [-0.2, -0.15) is 0 Å². The standard InChI is InChI=1S/C7H8BNOS/c8-4-1-2-6(11)5(3-4)7(9)10/h1-3,11H,8H2,(H2,9,10). The van der Waals surface area contributed by atoms with Crippen LogP contribution in [0.15, 0.2) is 23.1 Å². The number of hydrogen-bond donors (Lipinski definition) is 2. The third-order valence-electron chi connectivity index (χ3n) is 1.42. The summed E-state index contributed by atoms with van der Waals surface area (Å²) in [6.45, 7) is 0. The Balaban J connectivity index is 3.23. The Morgan fingerprint density at radius 3 is 2.64 bits per heavy atom. The van der Waals surface area contributed by atoms with E-state index in [-0.39, 0.29) is 0 Å². The molecule has 0 aliphatic carbocycles. The topological polar surface area (TPSA) is 43.1 Å². The zero-order valence-corrected chi connectivity index (χ0v) is 7.06. The van der Waals surface area contributed by atoms with Crippen molar-refractivity contribution in [2.45, 2.75) is 4.90 Å². The molecule has 1 aromatic carbocycles. The third-order valence-corrected chi connectivity index (χ3v) is 1.81. The van der Waals surface area contributed by atoms with E-state index in [0.29, 0.717) is 10.5 Å². The van der Waals surface area contributed by atoms with Crippen LogP contribution in [0.4, 0.5) is 0 Å². The fourth-order valence-electron chi connectivity index (χ4n) is 0.847. The first-order chi connectivity index (χ1) is 5.11. The number of amides is 1. The van der Waals surface area contributed by atoms with E-state index in [1.165, 1.54) is 0 Å². The molecule has 0 radical (unpaired) electrons. The van der Waals surface area contributed by atoms with Crippen molar-refractivity contribution < 1.29 is 4.79 Å². The van der Waals surface area contributed by atoms with E-state index >= 15 is 0 Å². The highest BCUT2D eigenvalue weighted by Crippen LogP contribution is 2.09. The monoisotopic (exact) mass is 165 g/mol. The van der Waals surface area contributed by atoms with Gasteiger partial charge in [0.05, 0.1) is 5.56 Å². The smallest absolute Gasteiger partial charge is 0.249 e. The number of rotatable bonds is 1. The minimum absolute atomic E-state index is 0.432. The maximum absolute atomic E-state index is 10.7. The Kier molecular flexibility index (Phi) is 2.24. The predicted molar refractivity (Wildman–Crippen MR) is 50.4 cm³/mol. The van der Waals surface area contributed by atoms with Gasteiger partial charge in [0.25, 0.3) is 0 Å². The minimum Gasteiger partial charge on any atom is -0.366 e. The number of primary amides is 1. The summed E-state index contributed by atoms with van der Waals surface area (Å²) < 4.78 is 0. The van der Waals surface area contributed by atoms with Crippen molar-refractivity contribution in [3.63, 3.8) is 0 Å². The molecule has 0 heterocycles.